The predicted octanol–water partition coefficient (Wildman–Crippen LogP) is 2.83. The largest absolute Gasteiger partial charge is 0.497 e. The standard InChI is InChI=1S/C16H23NO2/c1-18-13-5-6-14-12(10-13)4-7-15(16(14)17)19-9-8-11-2-3-11/h5-6,10-11,15-16H,2-4,7-9,17H2,1H3. The monoisotopic (exact) mass is 261 g/mol. The van der Waals surface area contributed by atoms with E-state index in [2.05, 4.69) is 12.1 Å². The molecule has 2 atom stereocenters. The fraction of sp³-hybridized carbons (Fsp3) is 0.625. The predicted molar refractivity (Wildman–Crippen MR) is 75.3 cm³/mol. The maximum absolute atomic E-state index is 6.35. The zero-order valence-electron chi connectivity index (χ0n) is 11.6. The minimum absolute atomic E-state index is 0.00820. The molecule has 3 nitrogen and oxygen atoms in total. The Balaban J connectivity index is 1.63. The molecule has 1 aromatic rings. The molecular formula is C16H23NO2. The Labute approximate surface area is 115 Å². The van der Waals surface area contributed by atoms with Crippen LogP contribution in [0.5, 0.6) is 5.75 Å². The lowest BCUT2D eigenvalue weighted by Crippen LogP contribution is -2.34. The van der Waals surface area contributed by atoms with E-state index in [-0.39, 0.29) is 12.1 Å². The van der Waals surface area contributed by atoms with Crippen molar-refractivity contribution in [3.05, 3.63) is 29.3 Å². The van der Waals surface area contributed by atoms with Crippen molar-refractivity contribution in [1.82, 2.24) is 0 Å². The molecule has 0 saturated heterocycles. The first-order chi connectivity index (χ1) is 9.28. The van der Waals surface area contributed by atoms with Crippen LogP contribution in [-0.4, -0.2) is 19.8 Å². The van der Waals surface area contributed by atoms with Crippen molar-refractivity contribution in [3.8, 4) is 5.75 Å². The van der Waals surface area contributed by atoms with Crippen molar-refractivity contribution in [2.45, 2.75) is 44.2 Å². The molecule has 104 valence electrons. The minimum Gasteiger partial charge on any atom is -0.497 e. The van der Waals surface area contributed by atoms with Crippen molar-refractivity contribution >= 4 is 0 Å². The van der Waals surface area contributed by atoms with Crippen LogP contribution in [0.25, 0.3) is 0 Å². The first-order valence-electron chi connectivity index (χ1n) is 7.32. The lowest BCUT2D eigenvalue weighted by molar-refractivity contribution is 0.0219. The van der Waals surface area contributed by atoms with Gasteiger partial charge < -0.3 is 15.2 Å². The van der Waals surface area contributed by atoms with Crippen LogP contribution in [0.2, 0.25) is 0 Å². The number of fused-ring (bicyclic) bond motifs is 1. The average molecular weight is 261 g/mol. The molecule has 0 radical (unpaired) electrons. The number of hydrogen-bond acceptors (Lipinski definition) is 3. The van der Waals surface area contributed by atoms with Gasteiger partial charge in [-0.15, -0.1) is 0 Å². The highest BCUT2D eigenvalue weighted by Crippen LogP contribution is 2.35. The third kappa shape index (κ3) is 2.93. The van der Waals surface area contributed by atoms with E-state index in [1.807, 2.05) is 6.07 Å². The van der Waals surface area contributed by atoms with Gasteiger partial charge in [0.05, 0.1) is 19.3 Å². The summed E-state index contributed by atoms with van der Waals surface area (Å²) in [7, 11) is 1.70. The maximum atomic E-state index is 6.35. The van der Waals surface area contributed by atoms with Crippen LogP contribution in [0, 0.1) is 5.92 Å². The first kappa shape index (κ1) is 12.9. The van der Waals surface area contributed by atoms with E-state index in [0.717, 1.165) is 31.1 Å². The van der Waals surface area contributed by atoms with E-state index in [1.165, 1.54) is 30.4 Å². The van der Waals surface area contributed by atoms with Crippen molar-refractivity contribution in [3.63, 3.8) is 0 Å². The van der Waals surface area contributed by atoms with E-state index < -0.39 is 0 Å². The minimum atomic E-state index is 0.00820. The average Bonchev–Trinajstić information content (AvgIpc) is 3.25. The molecule has 1 saturated carbocycles. The molecular weight excluding hydrogens is 238 g/mol. The summed E-state index contributed by atoms with van der Waals surface area (Å²) in [5.74, 6) is 1.84. The van der Waals surface area contributed by atoms with E-state index >= 15 is 0 Å². The Morgan fingerprint density at radius 3 is 2.84 bits per heavy atom. The summed E-state index contributed by atoms with van der Waals surface area (Å²) in [5.41, 5.74) is 8.89. The van der Waals surface area contributed by atoms with Crippen LogP contribution in [0.1, 0.15) is 42.9 Å². The molecule has 0 amide bonds. The Kier molecular flexibility index (Phi) is 3.76. The molecule has 0 bridgehead atoms. The van der Waals surface area contributed by atoms with Gasteiger partial charge in [0, 0.05) is 6.61 Å². The lowest BCUT2D eigenvalue weighted by Gasteiger charge is -2.31. The molecule has 2 aliphatic carbocycles. The second-order valence-corrected chi connectivity index (χ2v) is 5.77. The number of hydrogen-bond donors (Lipinski definition) is 1. The van der Waals surface area contributed by atoms with Crippen molar-refractivity contribution < 1.29 is 9.47 Å². The van der Waals surface area contributed by atoms with Gasteiger partial charge in [0.25, 0.3) is 0 Å². The van der Waals surface area contributed by atoms with Crippen LogP contribution >= 0.6 is 0 Å². The van der Waals surface area contributed by atoms with Crippen LogP contribution < -0.4 is 10.5 Å². The Hall–Kier alpha value is -1.06. The normalized spacial score (nSPS) is 26.0. The molecule has 2 unspecified atom stereocenters. The molecule has 0 aliphatic heterocycles. The summed E-state index contributed by atoms with van der Waals surface area (Å²) in [6, 6.07) is 6.20. The van der Waals surface area contributed by atoms with Crippen molar-refractivity contribution in [2.75, 3.05) is 13.7 Å². The number of rotatable bonds is 5. The summed E-state index contributed by atoms with van der Waals surface area (Å²) in [6.45, 7) is 0.870. The molecule has 3 heteroatoms. The van der Waals surface area contributed by atoms with Gasteiger partial charge in [-0.2, -0.15) is 0 Å². The van der Waals surface area contributed by atoms with E-state index in [9.17, 15) is 0 Å². The Bertz CT molecular complexity index is 442. The summed E-state index contributed by atoms with van der Waals surface area (Å²) >= 11 is 0. The summed E-state index contributed by atoms with van der Waals surface area (Å²) < 4.78 is 11.3. The fourth-order valence-corrected chi connectivity index (χ4v) is 2.91. The molecule has 2 aliphatic rings. The van der Waals surface area contributed by atoms with E-state index in [1.54, 1.807) is 7.11 Å². The number of benzene rings is 1. The summed E-state index contributed by atoms with van der Waals surface area (Å²) in [5, 5.41) is 0. The van der Waals surface area contributed by atoms with Crippen LogP contribution in [-0.2, 0) is 11.2 Å². The van der Waals surface area contributed by atoms with Gasteiger partial charge >= 0.3 is 0 Å². The van der Waals surface area contributed by atoms with Gasteiger partial charge in [0.15, 0.2) is 0 Å². The van der Waals surface area contributed by atoms with Crippen LogP contribution in [0.3, 0.4) is 0 Å². The van der Waals surface area contributed by atoms with Gasteiger partial charge in [-0.3, -0.25) is 0 Å². The SMILES string of the molecule is COc1ccc2c(c1)CCC(OCCC1CC1)C2N. The van der Waals surface area contributed by atoms with Crippen molar-refractivity contribution in [1.29, 1.82) is 0 Å². The molecule has 3 rings (SSSR count). The van der Waals surface area contributed by atoms with Crippen LogP contribution in [0.15, 0.2) is 18.2 Å². The third-order valence-electron chi connectivity index (χ3n) is 4.36. The highest BCUT2D eigenvalue weighted by atomic mass is 16.5. The topological polar surface area (TPSA) is 44.5 Å². The zero-order valence-corrected chi connectivity index (χ0v) is 11.6. The van der Waals surface area contributed by atoms with Crippen molar-refractivity contribution in [2.24, 2.45) is 11.7 Å². The molecule has 2 N–H and O–H groups in total. The number of nitrogens with two attached hydrogens (primary N) is 1. The quantitative estimate of drug-likeness (QED) is 0.886. The number of aryl methyl sites for hydroxylation is 1. The molecule has 1 aromatic carbocycles. The van der Waals surface area contributed by atoms with Gasteiger partial charge in [-0.05, 0) is 48.4 Å². The molecule has 0 heterocycles. The van der Waals surface area contributed by atoms with Gasteiger partial charge in [-0.25, -0.2) is 0 Å². The Morgan fingerprint density at radius 1 is 1.26 bits per heavy atom. The maximum Gasteiger partial charge on any atom is 0.119 e. The second kappa shape index (κ2) is 5.51. The first-order valence-corrected chi connectivity index (χ1v) is 7.32. The molecule has 0 aromatic heterocycles. The Morgan fingerprint density at radius 2 is 2.11 bits per heavy atom. The van der Waals surface area contributed by atoms with E-state index in [4.69, 9.17) is 15.2 Å². The third-order valence-corrected chi connectivity index (χ3v) is 4.36. The summed E-state index contributed by atoms with van der Waals surface area (Å²) in [4.78, 5) is 0. The summed E-state index contributed by atoms with van der Waals surface area (Å²) in [6.07, 6.45) is 6.23. The van der Waals surface area contributed by atoms with Gasteiger partial charge in [0.1, 0.15) is 5.75 Å². The van der Waals surface area contributed by atoms with E-state index in [0.29, 0.717) is 0 Å². The molecule has 1 fully saturated rings. The highest BCUT2D eigenvalue weighted by Gasteiger charge is 2.28. The van der Waals surface area contributed by atoms with Gasteiger partial charge in [0.2, 0.25) is 0 Å². The number of methoxy groups -OCH3 is 1. The highest BCUT2D eigenvalue weighted by molar-refractivity contribution is 5.39. The molecule has 0 spiro atoms. The van der Waals surface area contributed by atoms with Gasteiger partial charge in [-0.1, -0.05) is 18.9 Å². The fourth-order valence-electron chi connectivity index (χ4n) is 2.91. The number of ether oxygens (including phenoxy) is 2. The zero-order chi connectivity index (χ0) is 13.2. The van der Waals surface area contributed by atoms with Crippen LogP contribution in [0.4, 0.5) is 0 Å². The second-order valence-electron chi connectivity index (χ2n) is 5.77. The smallest absolute Gasteiger partial charge is 0.119 e. The molecule has 19 heavy (non-hydrogen) atoms. The lowest BCUT2D eigenvalue weighted by atomic mass is 9.86.